The number of nitrogens with one attached hydrogen (secondary N) is 1. The fraction of sp³-hybridized carbons (Fsp3) is 0.0952. The Hall–Kier alpha value is -3.08. The minimum absolute atomic E-state index is 0.216. The predicted octanol–water partition coefficient (Wildman–Crippen LogP) is 6.00. The molecule has 1 amide bonds. The largest absolute Gasteiger partial charge is 0.416 e. The van der Waals surface area contributed by atoms with Crippen LogP contribution in [-0.4, -0.2) is 5.91 Å². The third-order valence-corrected chi connectivity index (χ3v) is 3.96. The van der Waals surface area contributed by atoms with Crippen molar-refractivity contribution in [1.29, 1.82) is 0 Å². The maximum absolute atomic E-state index is 12.7. The molecule has 0 aliphatic carbocycles. The number of anilines is 1. The number of halogens is 3. The smallest absolute Gasteiger partial charge is 0.326 e. The van der Waals surface area contributed by atoms with Crippen LogP contribution in [0.25, 0.3) is 22.3 Å². The number of hydrogen-bond acceptors (Lipinski definition) is 1. The van der Waals surface area contributed by atoms with Crippen LogP contribution in [0.4, 0.5) is 18.9 Å². The Balaban J connectivity index is 2.03. The molecule has 0 bridgehead atoms. The van der Waals surface area contributed by atoms with Crippen LogP contribution in [0.15, 0.2) is 72.8 Å². The monoisotopic (exact) mass is 355 g/mol. The maximum Gasteiger partial charge on any atom is 0.416 e. The molecule has 0 unspecified atom stereocenters. The van der Waals surface area contributed by atoms with E-state index in [0.717, 1.165) is 28.8 Å². The summed E-state index contributed by atoms with van der Waals surface area (Å²) in [5, 5.41) is 2.80. The molecule has 0 heterocycles. The van der Waals surface area contributed by atoms with Gasteiger partial charge in [0.25, 0.3) is 0 Å². The van der Waals surface area contributed by atoms with Crippen LogP contribution in [0.5, 0.6) is 0 Å². The van der Waals surface area contributed by atoms with E-state index in [1.807, 2.05) is 42.5 Å². The molecule has 3 aromatic carbocycles. The molecule has 1 N–H and O–H groups in total. The van der Waals surface area contributed by atoms with Crippen LogP contribution < -0.4 is 5.32 Å². The summed E-state index contributed by atoms with van der Waals surface area (Å²) in [5.41, 5.74) is 3.07. The molecule has 0 saturated heterocycles. The van der Waals surface area contributed by atoms with E-state index in [-0.39, 0.29) is 5.91 Å². The summed E-state index contributed by atoms with van der Waals surface area (Å²) in [4.78, 5) is 11.6. The van der Waals surface area contributed by atoms with Crippen LogP contribution in [0, 0.1) is 0 Å². The fourth-order valence-corrected chi connectivity index (χ4v) is 2.74. The summed E-state index contributed by atoms with van der Waals surface area (Å²) in [5.74, 6) is -0.216. The van der Waals surface area contributed by atoms with Gasteiger partial charge in [-0.15, -0.1) is 0 Å². The minimum atomic E-state index is -4.36. The van der Waals surface area contributed by atoms with Gasteiger partial charge in [0.15, 0.2) is 0 Å². The highest BCUT2D eigenvalue weighted by Gasteiger charge is 2.29. The van der Waals surface area contributed by atoms with E-state index in [1.54, 1.807) is 6.07 Å². The fourth-order valence-electron chi connectivity index (χ4n) is 2.74. The first-order chi connectivity index (χ1) is 12.3. The van der Waals surface area contributed by atoms with Gasteiger partial charge >= 0.3 is 6.18 Å². The summed E-state index contributed by atoms with van der Waals surface area (Å²) < 4.78 is 38.2. The lowest BCUT2D eigenvalue weighted by Gasteiger charge is -2.13. The van der Waals surface area contributed by atoms with E-state index >= 15 is 0 Å². The average Bonchev–Trinajstić information content (AvgIpc) is 2.61. The summed E-state index contributed by atoms with van der Waals surface area (Å²) in [6, 6.07) is 20.0. The summed E-state index contributed by atoms with van der Waals surface area (Å²) in [6.45, 7) is 1.42. The van der Waals surface area contributed by atoms with Crippen molar-refractivity contribution in [2.45, 2.75) is 13.1 Å². The molecule has 0 fully saturated rings. The van der Waals surface area contributed by atoms with Crippen molar-refractivity contribution >= 4 is 11.6 Å². The van der Waals surface area contributed by atoms with E-state index in [4.69, 9.17) is 0 Å². The van der Waals surface area contributed by atoms with Crippen molar-refractivity contribution in [3.63, 3.8) is 0 Å². The number of rotatable bonds is 3. The first-order valence-corrected chi connectivity index (χ1v) is 7.99. The van der Waals surface area contributed by atoms with Crippen LogP contribution >= 0.6 is 0 Å². The highest BCUT2D eigenvalue weighted by Crippen LogP contribution is 2.34. The van der Waals surface area contributed by atoms with Gasteiger partial charge in [0.1, 0.15) is 0 Å². The lowest BCUT2D eigenvalue weighted by molar-refractivity contribution is -0.137. The zero-order valence-corrected chi connectivity index (χ0v) is 14.0. The predicted molar refractivity (Wildman–Crippen MR) is 96.6 cm³/mol. The number of benzene rings is 3. The molecule has 0 atom stereocenters. The molecule has 0 saturated carbocycles. The maximum atomic E-state index is 12.7. The second-order valence-electron chi connectivity index (χ2n) is 5.88. The van der Waals surface area contributed by atoms with Gasteiger partial charge in [0, 0.05) is 18.2 Å². The van der Waals surface area contributed by atoms with E-state index in [9.17, 15) is 18.0 Å². The Morgan fingerprint density at radius 2 is 1.42 bits per heavy atom. The Morgan fingerprint density at radius 3 is 2.00 bits per heavy atom. The van der Waals surface area contributed by atoms with E-state index in [1.165, 1.54) is 19.1 Å². The van der Waals surface area contributed by atoms with E-state index in [2.05, 4.69) is 5.32 Å². The van der Waals surface area contributed by atoms with Gasteiger partial charge in [-0.1, -0.05) is 54.6 Å². The number of alkyl halides is 3. The molecule has 3 aromatic rings. The average molecular weight is 355 g/mol. The highest BCUT2D eigenvalue weighted by atomic mass is 19.4. The first-order valence-electron chi connectivity index (χ1n) is 7.99. The minimum Gasteiger partial charge on any atom is -0.326 e. The zero-order chi connectivity index (χ0) is 18.7. The SMILES string of the molecule is CC(=O)Nc1cc(-c2ccc(C(F)(F)F)cc2)ccc1-c1ccccc1. The first kappa shape index (κ1) is 17.7. The van der Waals surface area contributed by atoms with Gasteiger partial charge in [-0.05, 0) is 34.9 Å². The standard InChI is InChI=1S/C21H16F3NO/c1-14(26)25-20-13-17(9-12-19(20)16-5-3-2-4-6-16)15-7-10-18(11-8-15)21(22,23)24/h2-13H,1H3,(H,25,26). The number of carbonyl (C=O) groups is 1. The number of amides is 1. The lowest BCUT2D eigenvalue weighted by atomic mass is 9.97. The van der Waals surface area contributed by atoms with Crippen molar-refractivity contribution in [2.75, 3.05) is 5.32 Å². The summed E-state index contributed by atoms with van der Waals surface area (Å²) in [6.07, 6.45) is -4.36. The van der Waals surface area contributed by atoms with Gasteiger partial charge in [-0.3, -0.25) is 4.79 Å². The van der Waals surface area contributed by atoms with Crippen molar-refractivity contribution in [3.8, 4) is 22.3 Å². The Labute approximate surface area is 149 Å². The third kappa shape index (κ3) is 3.94. The molecule has 0 aliphatic heterocycles. The summed E-state index contributed by atoms with van der Waals surface area (Å²) >= 11 is 0. The number of hydrogen-bond donors (Lipinski definition) is 1. The Kier molecular flexibility index (Phi) is 4.80. The van der Waals surface area contributed by atoms with Crippen LogP contribution in [-0.2, 0) is 11.0 Å². The van der Waals surface area contributed by atoms with Crippen molar-refractivity contribution in [1.82, 2.24) is 0 Å². The van der Waals surface area contributed by atoms with Gasteiger partial charge in [0.2, 0.25) is 5.91 Å². The van der Waals surface area contributed by atoms with Crippen molar-refractivity contribution in [2.24, 2.45) is 0 Å². The Morgan fingerprint density at radius 1 is 0.808 bits per heavy atom. The van der Waals surface area contributed by atoms with Gasteiger partial charge in [0.05, 0.1) is 5.56 Å². The lowest BCUT2D eigenvalue weighted by Crippen LogP contribution is -2.07. The van der Waals surface area contributed by atoms with Gasteiger partial charge < -0.3 is 5.32 Å². The van der Waals surface area contributed by atoms with Gasteiger partial charge in [-0.25, -0.2) is 0 Å². The van der Waals surface area contributed by atoms with Crippen molar-refractivity contribution < 1.29 is 18.0 Å². The van der Waals surface area contributed by atoms with Crippen LogP contribution in [0.1, 0.15) is 12.5 Å². The molecule has 0 aromatic heterocycles. The molecular formula is C21H16F3NO. The van der Waals surface area contributed by atoms with Gasteiger partial charge in [-0.2, -0.15) is 13.2 Å². The zero-order valence-electron chi connectivity index (χ0n) is 14.0. The second kappa shape index (κ2) is 7.04. The van der Waals surface area contributed by atoms with E-state index in [0.29, 0.717) is 11.3 Å². The van der Waals surface area contributed by atoms with E-state index < -0.39 is 11.7 Å². The molecule has 26 heavy (non-hydrogen) atoms. The topological polar surface area (TPSA) is 29.1 Å². The quantitative estimate of drug-likeness (QED) is 0.613. The van der Waals surface area contributed by atoms with Crippen LogP contribution in [0.2, 0.25) is 0 Å². The highest BCUT2D eigenvalue weighted by molar-refractivity contribution is 5.95. The number of carbonyl (C=O) groups excluding carboxylic acids is 1. The van der Waals surface area contributed by atoms with Crippen LogP contribution in [0.3, 0.4) is 0 Å². The third-order valence-electron chi connectivity index (χ3n) is 3.96. The second-order valence-corrected chi connectivity index (χ2v) is 5.88. The molecule has 3 rings (SSSR count). The van der Waals surface area contributed by atoms with Crippen molar-refractivity contribution in [3.05, 3.63) is 78.4 Å². The Bertz CT molecular complexity index is 916. The molecule has 132 valence electrons. The molecule has 5 heteroatoms. The molecule has 0 radical (unpaired) electrons. The summed E-state index contributed by atoms with van der Waals surface area (Å²) in [7, 11) is 0. The normalized spacial score (nSPS) is 11.2. The molecule has 0 aliphatic rings. The molecule has 0 spiro atoms. The molecule has 2 nitrogen and oxygen atoms in total. The molecular weight excluding hydrogens is 339 g/mol.